The molecule has 94 valence electrons. The predicted octanol–water partition coefficient (Wildman–Crippen LogP) is -1.51. The van der Waals surface area contributed by atoms with E-state index in [4.69, 9.17) is 0 Å². The summed E-state index contributed by atoms with van der Waals surface area (Å²) in [5.74, 6) is 0. The number of hydrogen-bond acceptors (Lipinski definition) is 1. The first-order valence-corrected chi connectivity index (χ1v) is 9.65. The molecule has 18 heavy (non-hydrogen) atoms. The molecule has 3 rings (SSSR count). The molecule has 0 spiro atoms. The standard InChI is InChI=1S/C8H6BrS.C5H5.2ClH.Zr/c1-5-2-6-7(9)4-10-8(6)3-5;1-2-4-5-3-1;;;/h2-4H,1H3;1-3H,4H2;2*1H;/q;;;;+2/p-2. The van der Waals surface area contributed by atoms with Gasteiger partial charge in [0.25, 0.3) is 0 Å². The van der Waals surface area contributed by atoms with Crippen LogP contribution in [0.5, 0.6) is 0 Å². The maximum atomic E-state index is 3.81. The number of allylic oxidation sites excluding steroid dienone is 8. The first kappa shape index (κ1) is 17.0. The summed E-state index contributed by atoms with van der Waals surface area (Å²) < 4.78 is 3.94. The Labute approximate surface area is 145 Å². The molecule has 0 aromatic carbocycles. The Bertz CT molecular complexity index is 503. The fourth-order valence-electron chi connectivity index (χ4n) is 2.04. The van der Waals surface area contributed by atoms with Crippen LogP contribution >= 0.6 is 27.7 Å². The van der Waals surface area contributed by atoms with Crippen LogP contribution in [0.25, 0.3) is 0 Å². The zero-order valence-electron chi connectivity index (χ0n) is 9.71. The molecule has 0 bridgehead atoms. The van der Waals surface area contributed by atoms with Crippen LogP contribution in [-0.4, -0.2) is 2.96 Å². The second kappa shape index (κ2) is 7.13. The fraction of sp³-hybridized carbons (Fsp3) is 0.231. The van der Waals surface area contributed by atoms with E-state index in [1.807, 2.05) is 0 Å². The molecule has 2 aliphatic carbocycles. The van der Waals surface area contributed by atoms with Crippen molar-refractivity contribution in [2.75, 3.05) is 0 Å². The first-order chi connectivity index (χ1) is 7.74. The van der Waals surface area contributed by atoms with Crippen molar-refractivity contribution in [3.8, 4) is 0 Å². The molecule has 0 nitrogen and oxygen atoms in total. The Morgan fingerprint density at radius 2 is 2.11 bits per heavy atom. The van der Waals surface area contributed by atoms with Crippen LogP contribution in [-0.2, 0) is 23.2 Å². The number of rotatable bonds is 2. The molecule has 0 aromatic rings. The van der Waals surface area contributed by atoms with Gasteiger partial charge in [-0.25, -0.2) is 0 Å². The third kappa shape index (κ3) is 3.36. The van der Waals surface area contributed by atoms with E-state index in [0.717, 1.165) is 2.96 Å². The largest absolute Gasteiger partial charge is 1.00 e. The van der Waals surface area contributed by atoms with Crippen LogP contribution in [0.3, 0.4) is 0 Å². The minimum atomic E-state index is -0.449. The van der Waals surface area contributed by atoms with E-state index in [1.165, 1.54) is 27.0 Å². The molecule has 1 aliphatic heterocycles. The summed E-state index contributed by atoms with van der Waals surface area (Å²) in [5.41, 5.74) is 2.85. The topological polar surface area (TPSA) is 0 Å². The normalized spacial score (nSPS) is 23.7. The SMILES string of the molecule is CC1=CC2=C(Br)[CH]([Zr+2][C]3=CC=CC3)SC2=C1.[Cl-].[Cl-]. The van der Waals surface area contributed by atoms with E-state index >= 15 is 0 Å². The molecule has 0 saturated carbocycles. The van der Waals surface area contributed by atoms with Gasteiger partial charge < -0.3 is 24.8 Å². The number of thioether (sulfide) groups is 1. The van der Waals surface area contributed by atoms with E-state index in [2.05, 4.69) is 65.0 Å². The van der Waals surface area contributed by atoms with Crippen molar-refractivity contribution >= 4 is 27.7 Å². The monoisotopic (exact) mass is 438 g/mol. The van der Waals surface area contributed by atoms with Crippen LogP contribution in [0, 0.1) is 0 Å². The van der Waals surface area contributed by atoms with Crippen molar-refractivity contribution in [3.05, 3.63) is 54.2 Å². The first-order valence-electron chi connectivity index (χ1n) is 5.33. The van der Waals surface area contributed by atoms with Gasteiger partial charge in [0.05, 0.1) is 0 Å². The molecule has 0 radical (unpaired) electrons. The van der Waals surface area contributed by atoms with Crippen LogP contribution in [0.2, 0.25) is 0 Å². The second-order valence-corrected chi connectivity index (χ2v) is 10.9. The summed E-state index contributed by atoms with van der Waals surface area (Å²) >= 11 is 5.44. The molecule has 1 unspecified atom stereocenters. The number of hydrogen-bond donors (Lipinski definition) is 0. The Kier molecular flexibility index (Phi) is 6.75. The van der Waals surface area contributed by atoms with Gasteiger partial charge in [0.15, 0.2) is 0 Å². The van der Waals surface area contributed by atoms with Gasteiger partial charge in [0, 0.05) is 0 Å². The maximum absolute atomic E-state index is 3.81. The fourth-order valence-corrected chi connectivity index (χ4v) is 9.39. The Morgan fingerprint density at radius 1 is 1.33 bits per heavy atom. The zero-order valence-corrected chi connectivity index (χ0v) is 16.1. The maximum Gasteiger partial charge on any atom is -1.00 e. The molecule has 0 amide bonds. The summed E-state index contributed by atoms with van der Waals surface area (Å²) in [4.78, 5) is 1.49. The van der Waals surface area contributed by atoms with Crippen molar-refractivity contribution in [1.82, 2.24) is 0 Å². The van der Waals surface area contributed by atoms with E-state index < -0.39 is 23.2 Å². The minimum absolute atomic E-state index is 0. The predicted molar refractivity (Wildman–Crippen MR) is 71.0 cm³/mol. The molecule has 0 aromatic heterocycles. The van der Waals surface area contributed by atoms with E-state index in [-0.39, 0.29) is 24.8 Å². The van der Waals surface area contributed by atoms with Crippen LogP contribution in [0.15, 0.2) is 54.2 Å². The Hall–Kier alpha value is 0.993. The van der Waals surface area contributed by atoms with Gasteiger partial charge in [-0.2, -0.15) is 0 Å². The van der Waals surface area contributed by atoms with E-state index in [0.29, 0.717) is 0 Å². The summed E-state index contributed by atoms with van der Waals surface area (Å²) in [6.07, 6.45) is 12.7. The zero-order chi connectivity index (χ0) is 11.1. The van der Waals surface area contributed by atoms with Gasteiger partial charge in [0.1, 0.15) is 0 Å². The van der Waals surface area contributed by atoms with Gasteiger partial charge in [-0.1, -0.05) is 0 Å². The van der Waals surface area contributed by atoms with Crippen molar-refractivity contribution < 1.29 is 48.0 Å². The Morgan fingerprint density at radius 3 is 2.72 bits per heavy atom. The smallest absolute Gasteiger partial charge is 1.00 e. The van der Waals surface area contributed by atoms with Crippen molar-refractivity contribution in [2.45, 2.75) is 16.3 Å². The third-order valence-corrected chi connectivity index (χ3v) is 10.8. The van der Waals surface area contributed by atoms with E-state index in [9.17, 15) is 0 Å². The van der Waals surface area contributed by atoms with Crippen molar-refractivity contribution in [1.29, 1.82) is 0 Å². The van der Waals surface area contributed by atoms with Gasteiger partial charge >= 0.3 is 121 Å². The summed E-state index contributed by atoms with van der Waals surface area (Å²) in [5, 5.41) is 0. The summed E-state index contributed by atoms with van der Waals surface area (Å²) in [6, 6.07) is 0. The van der Waals surface area contributed by atoms with Gasteiger partial charge in [-0.3, -0.25) is 0 Å². The Balaban J connectivity index is 0.000000810. The quantitative estimate of drug-likeness (QED) is 0.502. The third-order valence-electron chi connectivity index (χ3n) is 2.82. The van der Waals surface area contributed by atoms with Crippen LogP contribution in [0.1, 0.15) is 13.3 Å². The molecule has 1 heterocycles. The number of halogens is 3. The van der Waals surface area contributed by atoms with Crippen molar-refractivity contribution in [3.63, 3.8) is 0 Å². The summed E-state index contributed by atoms with van der Waals surface area (Å²) in [6.45, 7) is 2.18. The van der Waals surface area contributed by atoms with Crippen LogP contribution < -0.4 is 24.8 Å². The molecule has 0 fully saturated rings. The summed E-state index contributed by atoms with van der Waals surface area (Å²) in [7, 11) is 0. The molecule has 0 saturated heterocycles. The van der Waals surface area contributed by atoms with E-state index in [1.54, 1.807) is 3.28 Å². The molecular weight excluding hydrogens is 430 g/mol. The molecule has 1 atom stereocenters. The van der Waals surface area contributed by atoms with Crippen LogP contribution in [0.4, 0.5) is 0 Å². The number of fused-ring (bicyclic) bond motifs is 1. The average Bonchev–Trinajstić information content (AvgIpc) is 2.90. The average molecular weight is 441 g/mol. The van der Waals surface area contributed by atoms with Gasteiger partial charge in [0.2, 0.25) is 0 Å². The molecule has 5 heteroatoms. The molecular formula is C13H11BrCl2SZr. The van der Waals surface area contributed by atoms with Gasteiger partial charge in [-0.15, -0.1) is 0 Å². The van der Waals surface area contributed by atoms with Crippen molar-refractivity contribution in [2.24, 2.45) is 0 Å². The molecule has 3 aliphatic rings. The molecule has 0 N–H and O–H groups in total. The second-order valence-electron chi connectivity index (χ2n) is 4.12. The minimum Gasteiger partial charge on any atom is -1.00 e. The van der Waals surface area contributed by atoms with Gasteiger partial charge in [-0.05, 0) is 0 Å².